The van der Waals surface area contributed by atoms with Crippen molar-refractivity contribution in [2.75, 3.05) is 34.4 Å². The first-order valence-corrected chi connectivity index (χ1v) is 9.17. The van der Waals surface area contributed by atoms with Gasteiger partial charge in [0.1, 0.15) is 0 Å². The molecule has 1 aliphatic rings. The summed E-state index contributed by atoms with van der Waals surface area (Å²) in [6.45, 7) is 2.77. The fraction of sp³-hybridized carbons (Fsp3) is 0.556. The molecule has 1 saturated heterocycles. The average Bonchev–Trinajstić information content (AvgIpc) is 2.85. The van der Waals surface area contributed by atoms with E-state index in [9.17, 15) is 0 Å². The number of methoxy groups -OCH3 is 3. The molecule has 1 aromatic carbocycles. The number of rotatable bonds is 6. The van der Waals surface area contributed by atoms with E-state index < -0.39 is 0 Å². The Balaban J connectivity index is 1.89. The van der Waals surface area contributed by atoms with Gasteiger partial charge < -0.3 is 18.6 Å². The molecule has 7 nitrogen and oxygen atoms in total. The summed E-state index contributed by atoms with van der Waals surface area (Å²) in [7, 11) is 4.73. The lowest BCUT2D eigenvalue weighted by molar-refractivity contribution is 0.211. The van der Waals surface area contributed by atoms with Gasteiger partial charge in [-0.05, 0) is 50.3 Å². The van der Waals surface area contributed by atoms with E-state index >= 15 is 0 Å². The van der Waals surface area contributed by atoms with Crippen LogP contribution in [0.5, 0.6) is 17.2 Å². The molecular weight excluding hydrogens is 354 g/mol. The molecule has 0 N–H and O–H groups in total. The van der Waals surface area contributed by atoms with Crippen LogP contribution in [0.25, 0.3) is 11.5 Å². The van der Waals surface area contributed by atoms with E-state index in [0.717, 1.165) is 18.7 Å². The Morgan fingerprint density at radius 3 is 2.15 bits per heavy atom. The number of benzene rings is 1. The van der Waals surface area contributed by atoms with E-state index in [1.54, 1.807) is 38.1 Å². The van der Waals surface area contributed by atoms with Crippen LogP contribution >= 0.6 is 12.2 Å². The zero-order valence-corrected chi connectivity index (χ0v) is 16.3. The first-order valence-electron chi connectivity index (χ1n) is 8.77. The maximum Gasteiger partial charge on any atom is 0.288 e. The number of likely N-dealkylation sites (tertiary alicyclic amines) is 1. The maximum absolute atomic E-state index is 5.73. The minimum Gasteiger partial charge on any atom is -0.493 e. The smallest absolute Gasteiger partial charge is 0.288 e. The molecule has 0 amide bonds. The van der Waals surface area contributed by atoms with Crippen LogP contribution in [0.15, 0.2) is 16.5 Å². The number of ether oxygens (including phenoxy) is 3. The fourth-order valence-electron chi connectivity index (χ4n) is 3.18. The van der Waals surface area contributed by atoms with Gasteiger partial charge in [0.05, 0.1) is 28.0 Å². The number of hydrogen-bond acceptors (Lipinski definition) is 7. The Hall–Kier alpha value is -2.06. The first-order chi connectivity index (χ1) is 12.7. The zero-order valence-electron chi connectivity index (χ0n) is 15.5. The van der Waals surface area contributed by atoms with E-state index in [0.29, 0.717) is 34.6 Å². The van der Waals surface area contributed by atoms with Crippen LogP contribution < -0.4 is 14.2 Å². The minimum atomic E-state index is 0.359. The van der Waals surface area contributed by atoms with E-state index in [1.807, 2.05) is 0 Å². The van der Waals surface area contributed by atoms with Crippen molar-refractivity contribution in [3.63, 3.8) is 0 Å². The number of nitrogens with zero attached hydrogens (tertiary/aromatic N) is 3. The summed E-state index contributed by atoms with van der Waals surface area (Å²) in [6.07, 6.45) is 5.00. The van der Waals surface area contributed by atoms with Gasteiger partial charge in [-0.1, -0.05) is 12.8 Å². The van der Waals surface area contributed by atoms with Crippen molar-refractivity contribution >= 4 is 12.2 Å². The monoisotopic (exact) mass is 379 g/mol. The minimum absolute atomic E-state index is 0.359. The van der Waals surface area contributed by atoms with Crippen LogP contribution in [-0.4, -0.2) is 49.1 Å². The molecule has 0 spiro atoms. The third-order valence-electron chi connectivity index (χ3n) is 4.55. The van der Waals surface area contributed by atoms with Gasteiger partial charge in [-0.15, -0.1) is 5.10 Å². The molecule has 26 heavy (non-hydrogen) atoms. The molecule has 3 rings (SSSR count). The summed E-state index contributed by atoms with van der Waals surface area (Å²) in [5.74, 6) is 2.06. The quantitative estimate of drug-likeness (QED) is 0.709. The molecule has 0 unspecified atom stereocenters. The van der Waals surface area contributed by atoms with E-state index in [-0.39, 0.29) is 0 Å². The SMILES string of the molecule is COc1cc(-c2nn(CN3CCCCCC3)c(=S)o2)cc(OC)c1OC. The van der Waals surface area contributed by atoms with Crippen LogP contribution in [0.4, 0.5) is 0 Å². The molecule has 0 bridgehead atoms. The summed E-state index contributed by atoms with van der Waals surface area (Å²) in [5, 5.41) is 4.56. The Kier molecular flexibility index (Phi) is 6.16. The molecule has 8 heteroatoms. The highest BCUT2D eigenvalue weighted by Crippen LogP contribution is 2.40. The maximum atomic E-state index is 5.73. The Labute approximate surface area is 158 Å². The second kappa shape index (κ2) is 8.55. The van der Waals surface area contributed by atoms with E-state index in [4.69, 9.17) is 30.8 Å². The first kappa shape index (κ1) is 18.7. The summed E-state index contributed by atoms with van der Waals surface area (Å²) in [5.41, 5.74) is 0.722. The van der Waals surface area contributed by atoms with Gasteiger partial charge in [0.25, 0.3) is 4.84 Å². The van der Waals surface area contributed by atoms with E-state index in [2.05, 4.69) is 10.00 Å². The Morgan fingerprint density at radius 2 is 1.62 bits per heavy atom. The molecule has 1 aromatic heterocycles. The summed E-state index contributed by atoms with van der Waals surface area (Å²) in [6, 6.07) is 3.61. The van der Waals surface area contributed by atoms with Crippen molar-refractivity contribution in [1.29, 1.82) is 0 Å². The molecule has 0 radical (unpaired) electrons. The summed E-state index contributed by atoms with van der Waals surface area (Å²) in [4.78, 5) is 2.72. The molecule has 142 valence electrons. The normalized spacial score (nSPS) is 15.5. The van der Waals surface area contributed by atoms with Gasteiger partial charge in [-0.25, -0.2) is 4.68 Å². The molecule has 0 atom stereocenters. The average molecular weight is 379 g/mol. The van der Waals surface area contributed by atoms with Crippen molar-refractivity contribution in [1.82, 2.24) is 14.7 Å². The van der Waals surface area contributed by atoms with Crippen molar-refractivity contribution in [3.05, 3.63) is 17.0 Å². The molecular formula is C18H25N3O4S. The topological polar surface area (TPSA) is 61.9 Å². The second-order valence-electron chi connectivity index (χ2n) is 6.26. The van der Waals surface area contributed by atoms with Crippen LogP contribution in [0, 0.1) is 4.84 Å². The largest absolute Gasteiger partial charge is 0.493 e. The predicted molar refractivity (Wildman–Crippen MR) is 100 cm³/mol. The molecule has 0 aliphatic carbocycles. The van der Waals surface area contributed by atoms with Crippen molar-refractivity contribution in [3.8, 4) is 28.7 Å². The van der Waals surface area contributed by atoms with Gasteiger partial charge in [-0.3, -0.25) is 4.90 Å². The van der Waals surface area contributed by atoms with Crippen molar-refractivity contribution < 1.29 is 18.6 Å². The molecule has 1 aliphatic heterocycles. The summed E-state index contributed by atoms with van der Waals surface area (Å²) < 4.78 is 23.6. The molecule has 2 aromatic rings. The predicted octanol–water partition coefficient (Wildman–Crippen LogP) is 3.73. The van der Waals surface area contributed by atoms with Crippen LogP contribution in [-0.2, 0) is 6.67 Å². The standard InChI is InChI=1S/C18H25N3O4S/c1-22-14-10-13(11-15(23-2)16(14)24-3)17-19-21(18(26)25-17)12-20-8-6-4-5-7-9-20/h10-11H,4-9,12H2,1-3H3. The number of aromatic nitrogens is 2. The highest BCUT2D eigenvalue weighted by atomic mass is 32.1. The summed E-state index contributed by atoms with van der Waals surface area (Å²) >= 11 is 5.37. The zero-order chi connectivity index (χ0) is 18.5. The van der Waals surface area contributed by atoms with Crippen LogP contribution in [0.2, 0.25) is 0 Å². The lowest BCUT2D eigenvalue weighted by atomic mass is 10.2. The molecule has 0 saturated carbocycles. The second-order valence-corrected chi connectivity index (χ2v) is 6.61. The Morgan fingerprint density at radius 1 is 1.00 bits per heavy atom. The van der Waals surface area contributed by atoms with Gasteiger partial charge in [0, 0.05) is 5.56 Å². The fourth-order valence-corrected chi connectivity index (χ4v) is 3.36. The van der Waals surface area contributed by atoms with Crippen molar-refractivity contribution in [2.45, 2.75) is 32.4 Å². The lowest BCUT2D eigenvalue weighted by Gasteiger charge is -2.18. The van der Waals surface area contributed by atoms with Gasteiger partial charge >= 0.3 is 0 Å². The van der Waals surface area contributed by atoms with Crippen LogP contribution in [0.1, 0.15) is 25.7 Å². The van der Waals surface area contributed by atoms with E-state index in [1.165, 1.54) is 25.7 Å². The highest BCUT2D eigenvalue weighted by Gasteiger charge is 2.18. The lowest BCUT2D eigenvalue weighted by Crippen LogP contribution is -2.28. The third-order valence-corrected chi connectivity index (χ3v) is 4.84. The third kappa shape index (κ3) is 4.02. The molecule has 1 fully saturated rings. The highest BCUT2D eigenvalue weighted by molar-refractivity contribution is 7.71. The van der Waals surface area contributed by atoms with Crippen LogP contribution in [0.3, 0.4) is 0 Å². The number of hydrogen-bond donors (Lipinski definition) is 0. The molecule has 2 heterocycles. The van der Waals surface area contributed by atoms with Gasteiger partial charge in [0.15, 0.2) is 11.5 Å². The van der Waals surface area contributed by atoms with Gasteiger partial charge in [-0.2, -0.15) is 0 Å². The Bertz CT molecular complexity index is 769. The van der Waals surface area contributed by atoms with Gasteiger partial charge in [0.2, 0.25) is 11.6 Å². The van der Waals surface area contributed by atoms with Crippen molar-refractivity contribution in [2.24, 2.45) is 0 Å².